The second-order valence-corrected chi connectivity index (χ2v) is 20.5. The molecule has 9 rings (SSSR count). The quantitative estimate of drug-likeness (QED) is 0.0546. The molecule has 0 radical (unpaired) electrons. The van der Waals surface area contributed by atoms with Gasteiger partial charge in [0, 0.05) is 39.5 Å². The van der Waals surface area contributed by atoms with Gasteiger partial charge in [0.05, 0.1) is 6.61 Å². The third-order valence-electron chi connectivity index (χ3n) is 14.3. The van der Waals surface area contributed by atoms with Crippen molar-refractivity contribution < 1.29 is 19.1 Å². The van der Waals surface area contributed by atoms with E-state index in [4.69, 9.17) is 9.47 Å². The smallest absolute Gasteiger partial charge is 0.418 e. The van der Waals surface area contributed by atoms with E-state index in [1.807, 2.05) is 13.8 Å². The van der Waals surface area contributed by atoms with E-state index in [0.717, 1.165) is 69.2 Å². The summed E-state index contributed by atoms with van der Waals surface area (Å²) in [5.41, 5.74) is 19.6. The summed E-state index contributed by atoms with van der Waals surface area (Å²) in [5.74, 6) is -1.88. The molecule has 0 atom stereocenters. The molecule has 6 nitrogen and oxygen atoms in total. The Morgan fingerprint density at radius 3 is 1.14 bits per heavy atom. The molecule has 0 amide bonds. The van der Waals surface area contributed by atoms with E-state index in [2.05, 4.69) is 233 Å². The summed E-state index contributed by atoms with van der Waals surface area (Å²) < 4.78 is 11.2. The number of unbranched alkanes of at least 4 members (excludes halogenated alkanes) is 1. The van der Waals surface area contributed by atoms with Crippen LogP contribution >= 0.6 is 0 Å². The minimum absolute atomic E-state index is 0.100. The number of rotatable bonds is 16. The minimum Gasteiger partial charge on any atom is -0.457 e. The number of fused-ring (bicyclic) bond motifs is 3. The van der Waals surface area contributed by atoms with Gasteiger partial charge in [-0.15, -0.1) is 0 Å². The molecule has 8 aromatic rings. The number of nitrogens with zero attached hydrogens (tertiary/aromatic N) is 2. The maximum absolute atomic E-state index is 13.0. The summed E-state index contributed by atoms with van der Waals surface area (Å²) >= 11 is 0. The van der Waals surface area contributed by atoms with Crippen LogP contribution in [0, 0.1) is 27.7 Å². The van der Waals surface area contributed by atoms with Crippen molar-refractivity contribution in [2.24, 2.45) is 0 Å². The number of hydrogen-bond acceptors (Lipinski definition) is 6. The van der Waals surface area contributed by atoms with Gasteiger partial charge < -0.3 is 19.3 Å². The highest BCUT2D eigenvalue weighted by Gasteiger charge is 2.40. The van der Waals surface area contributed by atoms with Crippen LogP contribution in [0.15, 0.2) is 182 Å². The first kappa shape index (κ1) is 49.3. The van der Waals surface area contributed by atoms with Crippen molar-refractivity contribution >= 4 is 46.1 Å². The first-order chi connectivity index (χ1) is 34.7. The zero-order valence-corrected chi connectivity index (χ0v) is 43.1. The highest BCUT2D eigenvalue weighted by molar-refractivity contribution is 6.29. The van der Waals surface area contributed by atoms with E-state index in [1.54, 1.807) is 0 Å². The Labute approximate surface area is 426 Å². The molecule has 0 aromatic heterocycles. The number of aryl methyl sites for hydroxylation is 4. The van der Waals surface area contributed by atoms with Crippen LogP contribution in [-0.4, -0.2) is 24.1 Å². The summed E-state index contributed by atoms with van der Waals surface area (Å²) in [7, 11) is 0. The molecule has 6 heteroatoms. The van der Waals surface area contributed by atoms with Crippen molar-refractivity contribution in [1.29, 1.82) is 0 Å². The molecule has 1 aliphatic rings. The van der Waals surface area contributed by atoms with Gasteiger partial charge in [-0.2, -0.15) is 0 Å². The van der Waals surface area contributed by atoms with E-state index in [-0.39, 0.29) is 6.61 Å². The molecule has 8 aromatic carbocycles. The van der Waals surface area contributed by atoms with E-state index in [0.29, 0.717) is 19.3 Å². The number of carbonyl (C=O) groups is 2. The number of ether oxygens (including phenoxy) is 2. The first-order valence-electron chi connectivity index (χ1n) is 25.5. The van der Waals surface area contributed by atoms with Crippen LogP contribution in [-0.2, 0) is 24.5 Å². The summed E-state index contributed by atoms with van der Waals surface area (Å²) in [6.45, 7) is 16.6. The van der Waals surface area contributed by atoms with E-state index in [1.165, 1.54) is 44.5 Å². The zero-order valence-electron chi connectivity index (χ0n) is 43.1. The van der Waals surface area contributed by atoms with Gasteiger partial charge in [0.25, 0.3) is 0 Å². The molecule has 364 valence electrons. The van der Waals surface area contributed by atoms with Gasteiger partial charge in [0.15, 0.2) is 0 Å². The fraction of sp³-hybridized carbons (Fsp3) is 0.242. The summed E-state index contributed by atoms with van der Waals surface area (Å²) in [4.78, 5) is 30.4. The van der Waals surface area contributed by atoms with Gasteiger partial charge in [-0.25, -0.2) is 9.59 Å². The topological polar surface area (TPSA) is 59.1 Å². The highest BCUT2D eigenvalue weighted by atomic mass is 16.6. The number of carbonyl (C=O) groups excluding carboxylic acids is 2. The Bertz CT molecular complexity index is 2890. The van der Waals surface area contributed by atoms with Crippen molar-refractivity contribution in [3.05, 3.63) is 215 Å². The molecule has 0 heterocycles. The molecule has 0 aliphatic heterocycles. The largest absolute Gasteiger partial charge is 0.457 e. The standard InChI is InChI=1S/C66H66N2O4/c1-9-10-40-65(6,7)72-64(70)63(69)71-42-11-41-66(8)61-43-51(49-20-34-57(35-21-49)67(53-26-12-45(2)13-27-53)54-28-14-46(3)15-29-54)24-38-59(61)60-39-25-52(44-62(60)66)50-22-36-58(37-23-50)68(55-30-16-47(4)17-31-55)56-32-18-48(5)19-33-56/h12-39,43-44H,9-11,40-42H2,1-8H3. The monoisotopic (exact) mass is 951 g/mol. The summed E-state index contributed by atoms with van der Waals surface area (Å²) in [5, 5.41) is 0. The molecule has 72 heavy (non-hydrogen) atoms. The van der Waals surface area contributed by atoms with E-state index >= 15 is 0 Å². The maximum atomic E-state index is 13.0. The van der Waals surface area contributed by atoms with Crippen molar-refractivity contribution in [2.75, 3.05) is 16.4 Å². The lowest BCUT2D eigenvalue weighted by Gasteiger charge is -2.29. The maximum Gasteiger partial charge on any atom is 0.418 e. The fourth-order valence-electron chi connectivity index (χ4n) is 10.1. The van der Waals surface area contributed by atoms with Crippen LogP contribution in [0.4, 0.5) is 34.1 Å². The van der Waals surface area contributed by atoms with Crippen LogP contribution < -0.4 is 9.80 Å². The SMILES string of the molecule is CCCCC(C)(C)OC(=O)C(=O)OCCCC1(C)c2cc(-c3ccc(N(c4ccc(C)cc4)c4ccc(C)cc4)cc3)ccc2-c2ccc(-c3ccc(N(c4ccc(C)cc4)c4ccc(C)cc4)cc3)cc21. The molecule has 0 bridgehead atoms. The normalized spacial score (nSPS) is 12.4. The van der Waals surface area contributed by atoms with Crippen LogP contribution in [0.1, 0.15) is 93.2 Å². The van der Waals surface area contributed by atoms with Gasteiger partial charge in [-0.3, -0.25) is 0 Å². The average molecular weight is 951 g/mol. The molecule has 0 fully saturated rings. The number of hydrogen-bond donors (Lipinski definition) is 0. The Kier molecular flexibility index (Phi) is 14.3. The second-order valence-electron chi connectivity index (χ2n) is 20.5. The highest BCUT2D eigenvalue weighted by Crippen LogP contribution is 2.53. The minimum atomic E-state index is -0.944. The fourth-order valence-corrected chi connectivity index (χ4v) is 10.1. The Balaban J connectivity index is 1.03. The van der Waals surface area contributed by atoms with E-state index in [9.17, 15) is 9.59 Å². The molecule has 0 spiro atoms. The first-order valence-corrected chi connectivity index (χ1v) is 25.5. The molecular weight excluding hydrogens is 885 g/mol. The second kappa shape index (κ2) is 20.9. The van der Waals surface area contributed by atoms with Crippen LogP contribution in [0.5, 0.6) is 0 Å². The van der Waals surface area contributed by atoms with Gasteiger partial charge in [-0.05, 0) is 197 Å². The molecule has 0 saturated heterocycles. The lowest BCUT2D eigenvalue weighted by molar-refractivity contribution is -0.176. The summed E-state index contributed by atoms with van der Waals surface area (Å²) in [6.07, 6.45) is 3.79. The molecular formula is C66H66N2O4. The third kappa shape index (κ3) is 10.6. The lowest BCUT2D eigenvalue weighted by atomic mass is 9.75. The van der Waals surface area contributed by atoms with Crippen molar-refractivity contribution in [3.63, 3.8) is 0 Å². The Morgan fingerprint density at radius 2 is 0.792 bits per heavy atom. The summed E-state index contributed by atoms with van der Waals surface area (Å²) in [6, 6.07) is 66.1. The molecule has 0 N–H and O–H groups in total. The molecule has 1 aliphatic carbocycles. The van der Waals surface area contributed by atoms with Crippen LogP contribution in [0.2, 0.25) is 0 Å². The van der Waals surface area contributed by atoms with E-state index < -0.39 is 23.0 Å². The Morgan fingerprint density at radius 1 is 0.458 bits per heavy atom. The predicted octanol–water partition coefficient (Wildman–Crippen LogP) is 17.3. The zero-order chi connectivity index (χ0) is 50.6. The third-order valence-corrected chi connectivity index (χ3v) is 14.3. The number of benzene rings is 8. The predicted molar refractivity (Wildman–Crippen MR) is 297 cm³/mol. The van der Waals surface area contributed by atoms with Crippen LogP contribution in [0.3, 0.4) is 0 Å². The van der Waals surface area contributed by atoms with Crippen LogP contribution in [0.25, 0.3) is 33.4 Å². The van der Waals surface area contributed by atoms with Gasteiger partial charge in [0.2, 0.25) is 0 Å². The Hall–Kier alpha value is -7.70. The van der Waals surface area contributed by atoms with Crippen molar-refractivity contribution in [1.82, 2.24) is 0 Å². The van der Waals surface area contributed by atoms with Crippen molar-refractivity contribution in [2.45, 2.75) is 98.5 Å². The van der Waals surface area contributed by atoms with Gasteiger partial charge in [-0.1, -0.05) is 140 Å². The lowest BCUT2D eigenvalue weighted by Crippen LogP contribution is -2.33. The molecule has 0 saturated carbocycles. The van der Waals surface area contributed by atoms with Gasteiger partial charge in [0.1, 0.15) is 5.60 Å². The average Bonchev–Trinajstić information content (AvgIpc) is 3.63. The van der Waals surface area contributed by atoms with Crippen molar-refractivity contribution in [3.8, 4) is 33.4 Å². The number of anilines is 6. The number of esters is 2. The molecule has 0 unspecified atom stereocenters. The van der Waals surface area contributed by atoms with Gasteiger partial charge >= 0.3 is 11.9 Å².